The van der Waals surface area contributed by atoms with E-state index in [2.05, 4.69) is 10.3 Å². The molecule has 5 nitrogen and oxygen atoms in total. The van der Waals surface area contributed by atoms with E-state index in [-0.39, 0.29) is 5.91 Å². The number of hydrogen-bond donors (Lipinski definition) is 1. The average Bonchev–Trinajstić information content (AvgIpc) is 3.16. The van der Waals surface area contributed by atoms with Gasteiger partial charge in [-0.1, -0.05) is 36.4 Å². The molecule has 2 aromatic carbocycles. The third kappa shape index (κ3) is 4.95. The topological polar surface area (TPSA) is 60.5 Å². The van der Waals surface area contributed by atoms with Crippen LogP contribution in [0.25, 0.3) is 17.3 Å². The zero-order valence-corrected chi connectivity index (χ0v) is 16.0. The second kappa shape index (κ2) is 9.00. The highest BCUT2D eigenvalue weighted by molar-refractivity contribution is 7.14. The maximum atomic E-state index is 12.2. The number of carbonyl (C=O) groups excluding carboxylic acids is 1. The van der Waals surface area contributed by atoms with Crippen molar-refractivity contribution in [3.05, 3.63) is 65.6 Å². The number of anilines is 1. The van der Waals surface area contributed by atoms with Crippen molar-refractivity contribution in [3.63, 3.8) is 0 Å². The van der Waals surface area contributed by atoms with Crippen molar-refractivity contribution in [3.8, 4) is 22.8 Å². The molecule has 1 aromatic heterocycles. The van der Waals surface area contributed by atoms with Gasteiger partial charge in [-0.05, 0) is 30.7 Å². The van der Waals surface area contributed by atoms with Crippen molar-refractivity contribution >= 4 is 28.5 Å². The van der Waals surface area contributed by atoms with E-state index in [1.807, 2.05) is 60.8 Å². The van der Waals surface area contributed by atoms with Gasteiger partial charge in [-0.15, -0.1) is 11.3 Å². The Morgan fingerprint density at radius 1 is 1.19 bits per heavy atom. The molecular weight excluding hydrogens is 360 g/mol. The number of carbonyl (C=O) groups is 1. The summed E-state index contributed by atoms with van der Waals surface area (Å²) in [5.74, 6) is 1.07. The van der Waals surface area contributed by atoms with E-state index in [0.29, 0.717) is 23.2 Å². The highest BCUT2D eigenvalue weighted by atomic mass is 32.1. The minimum absolute atomic E-state index is 0.239. The minimum Gasteiger partial charge on any atom is -0.493 e. The van der Waals surface area contributed by atoms with E-state index in [9.17, 15) is 4.79 Å². The zero-order chi connectivity index (χ0) is 19.1. The monoisotopic (exact) mass is 380 g/mol. The van der Waals surface area contributed by atoms with Gasteiger partial charge in [0.25, 0.3) is 0 Å². The first-order valence-electron chi connectivity index (χ1n) is 8.50. The summed E-state index contributed by atoms with van der Waals surface area (Å²) in [7, 11) is 1.59. The Hall–Kier alpha value is -3.12. The highest BCUT2D eigenvalue weighted by Gasteiger charge is 2.07. The first-order valence-corrected chi connectivity index (χ1v) is 9.38. The first-order chi connectivity index (χ1) is 13.2. The molecule has 1 N–H and O–H groups in total. The summed E-state index contributed by atoms with van der Waals surface area (Å²) in [5, 5.41) is 5.27. The molecule has 0 saturated heterocycles. The Balaban J connectivity index is 1.65. The van der Waals surface area contributed by atoms with Gasteiger partial charge in [0.15, 0.2) is 16.6 Å². The normalized spacial score (nSPS) is 10.7. The lowest BCUT2D eigenvalue weighted by Gasteiger charge is -2.09. The number of ether oxygens (including phenoxy) is 2. The summed E-state index contributed by atoms with van der Waals surface area (Å²) >= 11 is 1.39. The lowest BCUT2D eigenvalue weighted by molar-refractivity contribution is -0.111. The summed E-state index contributed by atoms with van der Waals surface area (Å²) in [6.45, 7) is 2.48. The second-order valence-corrected chi connectivity index (χ2v) is 6.43. The lowest BCUT2D eigenvalue weighted by atomic mass is 10.2. The van der Waals surface area contributed by atoms with Crippen LogP contribution >= 0.6 is 11.3 Å². The van der Waals surface area contributed by atoms with Crippen LogP contribution in [-0.4, -0.2) is 24.6 Å². The molecule has 0 fully saturated rings. The molecule has 1 heterocycles. The molecule has 138 valence electrons. The molecule has 0 atom stereocenters. The summed E-state index contributed by atoms with van der Waals surface area (Å²) in [6, 6.07) is 15.4. The third-order valence-corrected chi connectivity index (χ3v) is 4.48. The predicted octanol–water partition coefficient (Wildman–Crippen LogP) is 4.87. The Bertz CT molecular complexity index is 936. The SMILES string of the molecule is CCOc1ccc(/C=C/C(=O)Nc2nc(-c3ccccc3)cs2)cc1OC. The van der Waals surface area contributed by atoms with Crippen LogP contribution < -0.4 is 14.8 Å². The van der Waals surface area contributed by atoms with Gasteiger partial charge in [0.2, 0.25) is 5.91 Å². The van der Waals surface area contributed by atoms with Gasteiger partial charge in [0.05, 0.1) is 19.4 Å². The number of amides is 1. The Morgan fingerprint density at radius 3 is 2.74 bits per heavy atom. The largest absolute Gasteiger partial charge is 0.493 e. The summed E-state index contributed by atoms with van der Waals surface area (Å²) in [4.78, 5) is 16.6. The van der Waals surface area contributed by atoms with E-state index in [4.69, 9.17) is 9.47 Å². The Labute approximate surface area is 162 Å². The van der Waals surface area contributed by atoms with Crippen molar-refractivity contribution in [2.45, 2.75) is 6.92 Å². The first kappa shape index (κ1) is 18.7. The molecule has 0 aliphatic rings. The Morgan fingerprint density at radius 2 is 2.00 bits per heavy atom. The van der Waals surface area contributed by atoms with Gasteiger partial charge >= 0.3 is 0 Å². The fourth-order valence-corrected chi connectivity index (χ4v) is 3.18. The maximum absolute atomic E-state index is 12.2. The fourth-order valence-electron chi connectivity index (χ4n) is 2.45. The van der Waals surface area contributed by atoms with Gasteiger partial charge in [-0.2, -0.15) is 0 Å². The van der Waals surface area contributed by atoms with Crippen LogP contribution in [0.3, 0.4) is 0 Å². The van der Waals surface area contributed by atoms with Crippen LogP contribution in [0.5, 0.6) is 11.5 Å². The van der Waals surface area contributed by atoms with E-state index >= 15 is 0 Å². The highest BCUT2D eigenvalue weighted by Crippen LogP contribution is 2.28. The minimum atomic E-state index is -0.239. The maximum Gasteiger partial charge on any atom is 0.250 e. The molecular formula is C21H20N2O3S. The van der Waals surface area contributed by atoms with Gasteiger partial charge in [-0.3, -0.25) is 10.1 Å². The molecule has 0 radical (unpaired) electrons. The lowest BCUT2D eigenvalue weighted by Crippen LogP contribution is -2.07. The number of thiazole rings is 1. The molecule has 0 aliphatic heterocycles. The number of methoxy groups -OCH3 is 1. The van der Waals surface area contributed by atoms with E-state index in [1.165, 1.54) is 17.4 Å². The molecule has 0 saturated carbocycles. The quantitative estimate of drug-likeness (QED) is 0.594. The standard InChI is InChI=1S/C21H20N2O3S/c1-3-26-18-11-9-15(13-19(18)25-2)10-12-20(24)23-21-22-17(14-27-21)16-7-5-4-6-8-16/h4-14H,3H2,1-2H3,(H,22,23,24)/b12-10+. The number of rotatable bonds is 7. The summed E-state index contributed by atoms with van der Waals surface area (Å²) < 4.78 is 10.8. The number of nitrogens with zero attached hydrogens (tertiary/aromatic N) is 1. The van der Waals surface area contributed by atoms with Crippen LogP contribution in [0.2, 0.25) is 0 Å². The van der Waals surface area contributed by atoms with Crippen molar-refractivity contribution in [2.24, 2.45) is 0 Å². The van der Waals surface area contributed by atoms with E-state index in [0.717, 1.165) is 16.8 Å². The summed E-state index contributed by atoms with van der Waals surface area (Å²) in [6.07, 6.45) is 3.19. The van der Waals surface area contributed by atoms with Crippen LogP contribution in [0.1, 0.15) is 12.5 Å². The van der Waals surface area contributed by atoms with Crippen molar-refractivity contribution < 1.29 is 14.3 Å². The van der Waals surface area contributed by atoms with Crippen molar-refractivity contribution in [2.75, 3.05) is 19.0 Å². The Kier molecular flexibility index (Phi) is 6.22. The van der Waals surface area contributed by atoms with Gasteiger partial charge < -0.3 is 9.47 Å². The zero-order valence-electron chi connectivity index (χ0n) is 15.1. The molecule has 27 heavy (non-hydrogen) atoms. The van der Waals surface area contributed by atoms with Gasteiger partial charge in [-0.25, -0.2) is 4.98 Å². The molecule has 1 amide bonds. The predicted molar refractivity (Wildman–Crippen MR) is 109 cm³/mol. The van der Waals surface area contributed by atoms with Crippen molar-refractivity contribution in [1.29, 1.82) is 0 Å². The summed E-state index contributed by atoms with van der Waals surface area (Å²) in [5.41, 5.74) is 2.71. The molecule has 0 aliphatic carbocycles. The molecule has 0 unspecified atom stereocenters. The molecule has 6 heteroatoms. The smallest absolute Gasteiger partial charge is 0.250 e. The molecule has 3 rings (SSSR count). The molecule has 3 aromatic rings. The van der Waals surface area contributed by atoms with E-state index < -0.39 is 0 Å². The number of benzene rings is 2. The molecule has 0 bridgehead atoms. The van der Waals surface area contributed by atoms with Crippen LogP contribution in [0, 0.1) is 0 Å². The van der Waals surface area contributed by atoms with E-state index in [1.54, 1.807) is 13.2 Å². The van der Waals surface area contributed by atoms with Crippen LogP contribution in [-0.2, 0) is 4.79 Å². The second-order valence-electron chi connectivity index (χ2n) is 5.57. The number of nitrogens with one attached hydrogen (secondary N) is 1. The fraction of sp³-hybridized carbons (Fsp3) is 0.143. The van der Waals surface area contributed by atoms with Crippen molar-refractivity contribution in [1.82, 2.24) is 4.98 Å². The number of hydrogen-bond acceptors (Lipinski definition) is 5. The average molecular weight is 380 g/mol. The van der Waals surface area contributed by atoms with Crippen LogP contribution in [0.4, 0.5) is 5.13 Å². The molecule has 0 spiro atoms. The number of aromatic nitrogens is 1. The van der Waals surface area contributed by atoms with Gasteiger partial charge in [0, 0.05) is 17.0 Å². The van der Waals surface area contributed by atoms with Crippen LogP contribution in [0.15, 0.2) is 60.0 Å². The third-order valence-electron chi connectivity index (χ3n) is 3.72. The van der Waals surface area contributed by atoms with Gasteiger partial charge in [0.1, 0.15) is 0 Å².